The molecule has 0 heterocycles. The number of nitrogens with two attached hydrogens (primary N) is 1. The van der Waals surface area contributed by atoms with E-state index in [1.54, 1.807) is 6.07 Å². The molecule has 0 amide bonds. The zero-order valence-electron chi connectivity index (χ0n) is 12.4. The van der Waals surface area contributed by atoms with Crippen molar-refractivity contribution < 1.29 is 4.39 Å². The minimum atomic E-state index is -0.456. The summed E-state index contributed by atoms with van der Waals surface area (Å²) in [6.45, 7) is 6.15. The monoisotopic (exact) mass is 271 g/mol. The highest BCUT2D eigenvalue weighted by Crippen LogP contribution is 2.20. The van der Waals surface area contributed by atoms with Gasteiger partial charge in [-0.15, -0.1) is 0 Å². The fourth-order valence-corrected chi connectivity index (χ4v) is 2.78. The molecule has 20 heavy (non-hydrogen) atoms. The topological polar surface area (TPSA) is 26.0 Å². The van der Waals surface area contributed by atoms with Crippen molar-refractivity contribution in [3.8, 4) is 0 Å². The summed E-state index contributed by atoms with van der Waals surface area (Å²) in [5.41, 5.74) is 10.3. The average Bonchev–Trinajstić information content (AvgIpc) is 2.29. The molecule has 0 aliphatic carbocycles. The first-order valence-electron chi connectivity index (χ1n) is 6.95. The van der Waals surface area contributed by atoms with Crippen molar-refractivity contribution in [2.45, 2.75) is 39.2 Å². The van der Waals surface area contributed by atoms with E-state index in [-0.39, 0.29) is 5.82 Å². The summed E-state index contributed by atoms with van der Waals surface area (Å²) in [7, 11) is 0. The Morgan fingerprint density at radius 3 is 2.20 bits per heavy atom. The zero-order valence-corrected chi connectivity index (χ0v) is 12.4. The largest absolute Gasteiger partial charge is 0.325 e. The fourth-order valence-electron chi connectivity index (χ4n) is 2.78. The summed E-state index contributed by atoms with van der Waals surface area (Å²) >= 11 is 0. The molecule has 1 atom stereocenters. The minimum Gasteiger partial charge on any atom is -0.325 e. The lowest BCUT2D eigenvalue weighted by Gasteiger charge is -2.25. The first-order chi connectivity index (χ1) is 9.35. The van der Waals surface area contributed by atoms with E-state index in [2.05, 4.69) is 32.0 Å². The first-order valence-corrected chi connectivity index (χ1v) is 6.95. The maximum absolute atomic E-state index is 13.7. The molecule has 2 heteroatoms. The van der Waals surface area contributed by atoms with Gasteiger partial charge in [0.2, 0.25) is 0 Å². The van der Waals surface area contributed by atoms with E-state index >= 15 is 0 Å². The van der Waals surface area contributed by atoms with E-state index in [1.165, 1.54) is 22.8 Å². The summed E-state index contributed by atoms with van der Waals surface area (Å²) in [4.78, 5) is 0. The van der Waals surface area contributed by atoms with Crippen LogP contribution in [0.15, 0.2) is 42.5 Å². The van der Waals surface area contributed by atoms with Gasteiger partial charge < -0.3 is 5.73 Å². The number of hydrogen-bond donors (Lipinski definition) is 1. The highest BCUT2D eigenvalue weighted by atomic mass is 19.1. The molecule has 1 nitrogen and oxygen atoms in total. The Hall–Kier alpha value is -1.67. The molecule has 0 bridgehead atoms. The number of hydrogen-bond acceptors (Lipinski definition) is 1. The van der Waals surface area contributed by atoms with Crippen LogP contribution in [0, 0.1) is 19.7 Å². The van der Waals surface area contributed by atoms with Gasteiger partial charge in [0, 0.05) is 5.54 Å². The zero-order chi connectivity index (χ0) is 14.8. The van der Waals surface area contributed by atoms with Crippen LogP contribution in [-0.2, 0) is 12.8 Å². The lowest BCUT2D eigenvalue weighted by Crippen LogP contribution is -2.41. The molecule has 2 aromatic rings. The third-order valence-corrected chi connectivity index (χ3v) is 3.44. The van der Waals surface area contributed by atoms with Gasteiger partial charge in [0.25, 0.3) is 0 Å². The average molecular weight is 271 g/mol. The molecular weight excluding hydrogens is 249 g/mol. The molecule has 0 spiro atoms. The van der Waals surface area contributed by atoms with E-state index in [0.29, 0.717) is 12.0 Å². The quantitative estimate of drug-likeness (QED) is 0.895. The van der Waals surface area contributed by atoms with Crippen molar-refractivity contribution in [2.24, 2.45) is 5.73 Å². The number of aryl methyl sites for hydroxylation is 2. The first kappa shape index (κ1) is 14.7. The van der Waals surface area contributed by atoms with Gasteiger partial charge in [0.15, 0.2) is 0 Å². The third-order valence-electron chi connectivity index (χ3n) is 3.44. The molecule has 2 N–H and O–H groups in total. The smallest absolute Gasteiger partial charge is 0.126 e. The summed E-state index contributed by atoms with van der Waals surface area (Å²) in [5.74, 6) is -0.176. The van der Waals surface area contributed by atoms with Crippen molar-refractivity contribution in [2.75, 3.05) is 0 Å². The van der Waals surface area contributed by atoms with Gasteiger partial charge in [-0.2, -0.15) is 0 Å². The Morgan fingerprint density at radius 2 is 1.60 bits per heavy atom. The third kappa shape index (κ3) is 3.91. The van der Waals surface area contributed by atoms with Crippen molar-refractivity contribution in [3.05, 3.63) is 70.5 Å². The summed E-state index contributed by atoms with van der Waals surface area (Å²) in [6, 6.07) is 13.3. The Bertz CT molecular complexity index is 582. The van der Waals surface area contributed by atoms with E-state index in [0.717, 1.165) is 6.42 Å². The van der Waals surface area contributed by atoms with Crippen molar-refractivity contribution in [1.29, 1.82) is 0 Å². The number of halogens is 1. The Kier molecular flexibility index (Phi) is 4.24. The normalized spacial score (nSPS) is 14.1. The van der Waals surface area contributed by atoms with Crippen molar-refractivity contribution >= 4 is 0 Å². The van der Waals surface area contributed by atoms with E-state index in [4.69, 9.17) is 5.73 Å². The molecule has 2 aromatic carbocycles. The van der Waals surface area contributed by atoms with Crippen LogP contribution in [-0.4, -0.2) is 5.54 Å². The van der Waals surface area contributed by atoms with Crippen molar-refractivity contribution in [3.63, 3.8) is 0 Å². The van der Waals surface area contributed by atoms with Gasteiger partial charge in [-0.25, -0.2) is 4.39 Å². The molecular formula is C18H22FN. The molecule has 0 aliphatic rings. The van der Waals surface area contributed by atoms with Crippen LogP contribution in [0.4, 0.5) is 4.39 Å². The number of rotatable bonds is 4. The Morgan fingerprint density at radius 1 is 1.00 bits per heavy atom. The summed E-state index contributed by atoms with van der Waals surface area (Å²) in [6.07, 6.45) is 1.27. The van der Waals surface area contributed by atoms with Crippen LogP contribution in [0.25, 0.3) is 0 Å². The molecule has 106 valence electrons. The minimum absolute atomic E-state index is 0.176. The predicted molar refractivity (Wildman–Crippen MR) is 82.3 cm³/mol. The Balaban J connectivity index is 2.16. The molecule has 2 rings (SSSR count). The highest BCUT2D eigenvalue weighted by Gasteiger charge is 2.21. The second kappa shape index (κ2) is 5.76. The SMILES string of the molecule is Cc1cc(C)cc(CC(C)(N)Cc2ccccc2F)c1. The van der Waals surface area contributed by atoms with E-state index in [1.807, 2.05) is 19.1 Å². The molecule has 0 aliphatic heterocycles. The highest BCUT2D eigenvalue weighted by molar-refractivity contribution is 5.30. The molecule has 0 saturated carbocycles. The lowest BCUT2D eigenvalue weighted by molar-refractivity contribution is 0.451. The maximum atomic E-state index is 13.7. The molecule has 0 fully saturated rings. The van der Waals surface area contributed by atoms with Gasteiger partial charge in [-0.3, -0.25) is 0 Å². The molecule has 0 aromatic heterocycles. The lowest BCUT2D eigenvalue weighted by atomic mass is 9.86. The van der Waals surface area contributed by atoms with Gasteiger partial charge in [0.05, 0.1) is 0 Å². The maximum Gasteiger partial charge on any atom is 0.126 e. The summed E-state index contributed by atoms with van der Waals surface area (Å²) in [5, 5.41) is 0. The van der Waals surface area contributed by atoms with Crippen LogP contribution in [0.5, 0.6) is 0 Å². The molecule has 1 unspecified atom stereocenters. The second-order valence-electron chi connectivity index (χ2n) is 6.09. The number of benzene rings is 2. The van der Waals surface area contributed by atoms with Crippen molar-refractivity contribution in [1.82, 2.24) is 0 Å². The predicted octanol–water partition coefficient (Wildman–Crippen LogP) is 3.95. The van der Waals surface area contributed by atoms with E-state index < -0.39 is 5.54 Å². The van der Waals surface area contributed by atoms with Gasteiger partial charge >= 0.3 is 0 Å². The van der Waals surface area contributed by atoms with Gasteiger partial charge in [-0.05, 0) is 50.8 Å². The molecule has 0 saturated heterocycles. The van der Waals surface area contributed by atoms with E-state index in [9.17, 15) is 4.39 Å². The van der Waals surface area contributed by atoms with Crippen LogP contribution in [0.2, 0.25) is 0 Å². The van der Waals surface area contributed by atoms with Gasteiger partial charge in [0.1, 0.15) is 5.82 Å². The van der Waals surface area contributed by atoms with Crippen LogP contribution < -0.4 is 5.73 Å². The fraction of sp³-hybridized carbons (Fsp3) is 0.333. The summed E-state index contributed by atoms with van der Waals surface area (Å²) < 4.78 is 13.7. The van der Waals surface area contributed by atoms with Crippen LogP contribution >= 0.6 is 0 Å². The molecule has 0 radical (unpaired) electrons. The standard InChI is InChI=1S/C18H22FN/c1-13-8-14(2)10-15(9-13)11-18(3,20)12-16-6-4-5-7-17(16)19/h4-10H,11-12,20H2,1-3H3. The van der Waals surface area contributed by atoms with Crippen LogP contribution in [0.3, 0.4) is 0 Å². The van der Waals surface area contributed by atoms with Crippen LogP contribution in [0.1, 0.15) is 29.2 Å². The van der Waals surface area contributed by atoms with Gasteiger partial charge in [-0.1, -0.05) is 47.5 Å². The Labute approximate surface area is 120 Å². The second-order valence-corrected chi connectivity index (χ2v) is 6.09.